The fourth-order valence-electron chi connectivity index (χ4n) is 10.4. The Labute approximate surface area is 532 Å². The first-order valence-corrected chi connectivity index (χ1v) is 36.0. The summed E-state index contributed by atoms with van der Waals surface area (Å²) in [6.07, 6.45) is -3.21. The van der Waals surface area contributed by atoms with E-state index >= 15 is 14.4 Å². The van der Waals surface area contributed by atoms with Gasteiger partial charge in [0.15, 0.2) is 17.3 Å². The van der Waals surface area contributed by atoms with Crippen molar-refractivity contribution in [2.24, 2.45) is 11.7 Å². The third-order valence-corrected chi connectivity index (χ3v) is 22.6. The van der Waals surface area contributed by atoms with Crippen LogP contribution < -0.4 is 43.0 Å². The Balaban J connectivity index is 1.59. The van der Waals surface area contributed by atoms with E-state index in [4.69, 9.17) is 5.73 Å². The number of rotatable bonds is 13. The number of fused-ring (bicyclic) bond motifs is 14. The van der Waals surface area contributed by atoms with Crippen LogP contribution in [0.15, 0.2) is 48.5 Å². The van der Waals surface area contributed by atoms with E-state index in [0.717, 1.165) is 64.8 Å². The molecule has 13 atom stereocenters. The summed E-state index contributed by atoms with van der Waals surface area (Å²) >= 11 is 0. The standard InChI is InChI=1S/C56H77N9O17S6/c1-28-49(74)42-25-86-87-26-43-51(76)56(81,82)27-88-83-18-16-36(60-40(21-46(57)71)55(80)65-17-4-5-44(65)53(78)59-28)35(50(75)39(20-32-8-12-34(69)13-9-32)64-52(77)37(61-43)14-15-47(72)73)23-84-85-24-41(45(70)22-58-54(79)48(63-42)30(3)67)62-38(29(2)66)19-31-6-10-33(68)11-7-31/h6-13,28,30,35-44,48,60-63,67-69,81-82H,4-5,14-27H2,1-3H3,(H2,57,71)(H,58,79)(H,59,78)(H,64,77)(H,72,73)/t28?,30-,35?,36?,37+,38+,39+,40+,41?,42?,43?,44+,48+/m1/s1. The van der Waals surface area contributed by atoms with Crippen LogP contribution in [-0.2, 0) is 65.6 Å². The largest absolute Gasteiger partial charge is 0.508 e. The van der Waals surface area contributed by atoms with Crippen molar-refractivity contribution in [3.8, 4) is 11.5 Å². The van der Waals surface area contributed by atoms with Crippen LogP contribution in [0.5, 0.6) is 11.5 Å². The number of primary amides is 1. The molecule has 0 saturated carbocycles. The van der Waals surface area contributed by atoms with E-state index in [-0.39, 0.29) is 78.3 Å². The number of carboxylic acids is 1. The molecule has 5 aliphatic rings. The highest BCUT2D eigenvalue weighted by Crippen LogP contribution is 2.34. The summed E-state index contributed by atoms with van der Waals surface area (Å²) in [6.45, 7) is 3.27. The third kappa shape index (κ3) is 21.3. The number of hydrogen-bond acceptors (Lipinski definition) is 26. The fraction of sp³-hybridized carbons (Fsp3) is 0.589. The van der Waals surface area contributed by atoms with Crippen LogP contribution in [0, 0.1) is 5.92 Å². The van der Waals surface area contributed by atoms with Crippen LogP contribution in [0.3, 0.4) is 0 Å². The zero-order valence-electron chi connectivity index (χ0n) is 48.6. The van der Waals surface area contributed by atoms with Crippen LogP contribution in [0.2, 0.25) is 0 Å². The number of Topliss-reactive ketones (excluding diaryl/α,β-unsaturated/α-hetero) is 5. The lowest BCUT2D eigenvalue weighted by atomic mass is 9.87. The summed E-state index contributed by atoms with van der Waals surface area (Å²) in [6, 6.07) is -3.57. The van der Waals surface area contributed by atoms with Gasteiger partial charge in [0, 0.05) is 53.7 Å². The zero-order chi connectivity index (χ0) is 64.4. The molecule has 5 fully saturated rings. The first kappa shape index (κ1) is 72.1. The van der Waals surface area contributed by atoms with Crippen LogP contribution >= 0.6 is 64.8 Å². The van der Waals surface area contributed by atoms with Gasteiger partial charge in [-0.25, -0.2) is 0 Å². The Bertz CT molecular complexity index is 2830. The first-order valence-electron chi connectivity index (χ1n) is 28.5. The maximum absolute atomic E-state index is 16.0. The summed E-state index contributed by atoms with van der Waals surface area (Å²) in [7, 11) is 5.90. The molecule has 4 bridgehead atoms. The van der Waals surface area contributed by atoms with Crippen molar-refractivity contribution in [3.63, 3.8) is 0 Å². The zero-order valence-corrected chi connectivity index (χ0v) is 53.5. The van der Waals surface area contributed by atoms with E-state index in [0.29, 0.717) is 17.5 Å². The molecule has 32 heteroatoms. The van der Waals surface area contributed by atoms with Gasteiger partial charge in [0.05, 0.1) is 73.2 Å². The normalized spacial score (nSPS) is 29.0. The summed E-state index contributed by atoms with van der Waals surface area (Å²) in [4.78, 5) is 159. The monoisotopic (exact) mass is 1340 g/mol. The van der Waals surface area contributed by atoms with Crippen molar-refractivity contribution < 1.29 is 83.4 Å². The smallest absolute Gasteiger partial charge is 0.303 e. The topological polar surface area (TPSA) is 423 Å². The molecule has 5 aliphatic heterocycles. The number of aliphatic hydroxyl groups excluding tert-OH is 1. The molecule has 0 radical (unpaired) electrons. The number of aromatic hydroxyl groups is 2. The van der Waals surface area contributed by atoms with Gasteiger partial charge in [0.25, 0.3) is 0 Å². The molecule has 5 saturated heterocycles. The average Bonchev–Trinajstić information content (AvgIpc) is 3.21. The van der Waals surface area contributed by atoms with Crippen molar-refractivity contribution in [2.45, 2.75) is 150 Å². The number of aliphatic hydroxyl groups is 3. The van der Waals surface area contributed by atoms with E-state index in [1.54, 1.807) is 12.1 Å². The quantitative estimate of drug-likeness (QED) is 0.0857. The molecule has 484 valence electrons. The van der Waals surface area contributed by atoms with Crippen molar-refractivity contribution in [3.05, 3.63) is 59.7 Å². The predicted molar refractivity (Wildman–Crippen MR) is 337 cm³/mol. The van der Waals surface area contributed by atoms with Gasteiger partial charge in [-0.3, -0.25) is 68.7 Å². The lowest BCUT2D eigenvalue weighted by molar-refractivity contribution is -0.175. The molecule has 88 heavy (non-hydrogen) atoms. The summed E-state index contributed by atoms with van der Waals surface area (Å²) in [5.41, 5.74) is 6.91. The number of nitrogens with two attached hydrogens (primary N) is 1. The molecule has 0 spiro atoms. The lowest BCUT2D eigenvalue weighted by Crippen LogP contribution is -2.61. The van der Waals surface area contributed by atoms with Crippen molar-refractivity contribution in [2.75, 3.05) is 47.6 Å². The van der Waals surface area contributed by atoms with Gasteiger partial charge < -0.3 is 62.5 Å². The number of carbonyl (C=O) groups excluding carboxylic acids is 10. The van der Waals surface area contributed by atoms with Gasteiger partial charge in [0.1, 0.15) is 29.4 Å². The summed E-state index contributed by atoms with van der Waals surface area (Å²) in [5, 5.41) is 84.7. The maximum atomic E-state index is 16.0. The number of hydrogen-bond donors (Lipinski definition) is 14. The number of phenols is 2. The van der Waals surface area contributed by atoms with Gasteiger partial charge in [-0.2, -0.15) is 0 Å². The molecule has 5 amide bonds. The lowest BCUT2D eigenvalue weighted by Gasteiger charge is -2.35. The van der Waals surface area contributed by atoms with E-state index in [1.807, 2.05) is 0 Å². The van der Waals surface area contributed by atoms with Crippen LogP contribution in [0.4, 0.5) is 0 Å². The average molecular weight is 1340 g/mol. The predicted octanol–water partition coefficient (Wildman–Crippen LogP) is -0.854. The second-order valence-corrected chi connectivity index (χ2v) is 29.7. The maximum Gasteiger partial charge on any atom is 0.303 e. The second-order valence-electron chi connectivity index (χ2n) is 22.0. The molecule has 0 aromatic heterocycles. The molecular formula is C56H77N9O17S6. The SMILES string of the molecule is CC(=O)[C@H](Cc1ccc(O)cc1)NC1CSSCC2C(=O)[C@H](Cc3ccc(O)cc3)NC(=O)[C@H](CCC(=O)O)NC3CSSCC(N[C@@H]([C@@H](C)O)C(=O)NCC1=O)C(=O)C(C)NC(=O)[C@@H]1CCCN1C(=O)[C@H](CC(N)=O)NC2CCSSCC(O)(O)C3=O. The fourth-order valence-corrected chi connectivity index (χ4v) is 17.6. The number of amides is 5. The molecule has 15 N–H and O–H groups in total. The van der Waals surface area contributed by atoms with Gasteiger partial charge >= 0.3 is 5.97 Å². The van der Waals surface area contributed by atoms with Crippen LogP contribution in [-0.4, -0.2) is 226 Å². The highest BCUT2D eigenvalue weighted by atomic mass is 33.1. The van der Waals surface area contributed by atoms with Crippen LogP contribution in [0.1, 0.15) is 70.4 Å². The van der Waals surface area contributed by atoms with E-state index in [2.05, 4.69) is 37.2 Å². The Morgan fingerprint density at radius 1 is 0.750 bits per heavy atom. The molecular weight excluding hydrogens is 1260 g/mol. The number of ketones is 5. The Morgan fingerprint density at radius 2 is 1.39 bits per heavy atom. The molecule has 2 aromatic carbocycles. The second kappa shape index (κ2) is 34.5. The Kier molecular flexibility index (Phi) is 28.2. The number of aliphatic carboxylic acids is 1. The number of carbonyl (C=O) groups is 11. The highest BCUT2D eigenvalue weighted by molar-refractivity contribution is 8.77. The number of benzene rings is 2. The van der Waals surface area contributed by atoms with E-state index < -0.39 is 174 Å². The van der Waals surface area contributed by atoms with Gasteiger partial charge in [-0.05, 0) is 94.7 Å². The van der Waals surface area contributed by atoms with Crippen molar-refractivity contribution >= 4 is 129 Å². The number of phenolic OH excluding ortho intramolecular Hbond substituents is 2. The molecule has 26 nitrogen and oxygen atoms in total. The molecule has 6 unspecified atom stereocenters. The Morgan fingerprint density at radius 3 is 2.02 bits per heavy atom. The minimum Gasteiger partial charge on any atom is -0.508 e. The minimum atomic E-state index is -3.10. The molecule has 7 rings (SSSR count). The van der Waals surface area contributed by atoms with E-state index in [1.165, 1.54) is 62.1 Å². The van der Waals surface area contributed by atoms with Crippen LogP contribution in [0.25, 0.3) is 0 Å². The Hall–Kier alpha value is -4.97. The molecule has 5 heterocycles. The third-order valence-electron chi connectivity index (χ3n) is 15.3. The highest BCUT2D eigenvalue weighted by Gasteiger charge is 2.45. The van der Waals surface area contributed by atoms with Crippen molar-refractivity contribution in [1.29, 1.82) is 0 Å². The number of nitrogens with zero attached hydrogens (tertiary/aromatic N) is 1. The first-order chi connectivity index (χ1) is 41.7. The summed E-state index contributed by atoms with van der Waals surface area (Å²) < 4.78 is 0. The molecule has 0 aliphatic carbocycles. The number of nitrogens with one attached hydrogen (secondary N) is 7. The van der Waals surface area contributed by atoms with Gasteiger partial charge in [-0.15, -0.1) is 0 Å². The number of carboxylic acid groups (broad SMARTS) is 1. The van der Waals surface area contributed by atoms with Gasteiger partial charge in [0.2, 0.25) is 41.1 Å². The summed E-state index contributed by atoms with van der Waals surface area (Å²) in [5.74, 6) is -15.6. The minimum absolute atomic E-state index is 0.0143. The van der Waals surface area contributed by atoms with Gasteiger partial charge in [-0.1, -0.05) is 89.0 Å². The van der Waals surface area contributed by atoms with E-state index in [9.17, 15) is 69.0 Å². The van der Waals surface area contributed by atoms with Crippen molar-refractivity contribution in [1.82, 2.24) is 42.1 Å². The molecule has 2 aromatic rings.